The fourth-order valence-corrected chi connectivity index (χ4v) is 2.95. The number of rotatable bonds is 6. The van der Waals surface area contributed by atoms with Crippen molar-refractivity contribution in [1.29, 1.82) is 0 Å². The number of aromatic nitrogens is 2. The minimum absolute atomic E-state index is 0.0414. The molecule has 120 valence electrons. The van der Waals surface area contributed by atoms with E-state index < -0.39 is 6.04 Å². The lowest BCUT2D eigenvalue weighted by molar-refractivity contribution is -0.136. The Hall–Kier alpha value is -1.63. The summed E-state index contributed by atoms with van der Waals surface area (Å²) in [6, 6.07) is -0.460. The summed E-state index contributed by atoms with van der Waals surface area (Å²) >= 11 is 1.66. The molecule has 2 heterocycles. The number of carbonyl (C=O) groups excluding carboxylic acids is 2. The zero-order valence-electron chi connectivity index (χ0n) is 13.3. The average molecular weight is 322 g/mol. The van der Waals surface area contributed by atoms with Crippen LogP contribution in [0.2, 0.25) is 0 Å². The first-order chi connectivity index (χ1) is 10.5. The molecule has 1 aliphatic rings. The Bertz CT molecular complexity index is 564. The number of nitrogens with one attached hydrogen (secondary N) is 1. The highest BCUT2D eigenvalue weighted by Crippen LogP contribution is 2.21. The molecule has 0 bridgehead atoms. The van der Waals surface area contributed by atoms with Gasteiger partial charge in [0.15, 0.2) is 0 Å². The molecule has 0 fully saturated rings. The van der Waals surface area contributed by atoms with Crippen molar-refractivity contribution in [2.45, 2.75) is 45.8 Å². The van der Waals surface area contributed by atoms with Crippen LogP contribution in [0, 0.1) is 0 Å². The third-order valence-corrected chi connectivity index (χ3v) is 4.26. The van der Waals surface area contributed by atoms with Crippen molar-refractivity contribution in [1.82, 2.24) is 20.2 Å². The second kappa shape index (κ2) is 7.58. The molecule has 0 aromatic carbocycles. The molecule has 0 saturated carbocycles. The van der Waals surface area contributed by atoms with E-state index in [1.807, 2.05) is 19.4 Å². The van der Waals surface area contributed by atoms with Crippen molar-refractivity contribution in [3.05, 3.63) is 23.3 Å². The maximum atomic E-state index is 12.7. The van der Waals surface area contributed by atoms with Gasteiger partial charge in [0.1, 0.15) is 11.9 Å². The molecule has 0 saturated heterocycles. The predicted molar refractivity (Wildman–Crippen MR) is 86.3 cm³/mol. The van der Waals surface area contributed by atoms with Crippen molar-refractivity contribution in [3.63, 3.8) is 0 Å². The van der Waals surface area contributed by atoms with Crippen molar-refractivity contribution < 1.29 is 9.59 Å². The van der Waals surface area contributed by atoms with Crippen LogP contribution in [-0.2, 0) is 29.1 Å². The topological polar surface area (TPSA) is 75.2 Å². The van der Waals surface area contributed by atoms with Gasteiger partial charge in [0.2, 0.25) is 11.8 Å². The van der Waals surface area contributed by atoms with Gasteiger partial charge in [0, 0.05) is 31.6 Å². The smallest absolute Gasteiger partial charge is 0.245 e. The minimum Gasteiger partial charge on any atom is -0.345 e. The largest absolute Gasteiger partial charge is 0.345 e. The van der Waals surface area contributed by atoms with Crippen LogP contribution in [0.3, 0.4) is 0 Å². The second-order valence-corrected chi connectivity index (χ2v) is 6.33. The van der Waals surface area contributed by atoms with E-state index >= 15 is 0 Å². The lowest BCUT2D eigenvalue weighted by Gasteiger charge is -2.23. The molecule has 1 aromatic heterocycles. The van der Waals surface area contributed by atoms with Crippen LogP contribution in [-0.4, -0.2) is 44.7 Å². The molecule has 0 unspecified atom stereocenters. The summed E-state index contributed by atoms with van der Waals surface area (Å²) in [6.45, 7) is 4.47. The zero-order chi connectivity index (χ0) is 16.1. The van der Waals surface area contributed by atoms with Crippen molar-refractivity contribution >= 4 is 23.6 Å². The van der Waals surface area contributed by atoms with Crippen LogP contribution in [0.25, 0.3) is 0 Å². The molecule has 0 spiro atoms. The van der Waals surface area contributed by atoms with Gasteiger partial charge in [-0.1, -0.05) is 6.92 Å². The summed E-state index contributed by atoms with van der Waals surface area (Å²) in [5, 5.41) is 2.76. The normalized spacial score (nSPS) is 14.6. The number of nitrogens with zero attached hydrogens (tertiary/aromatic N) is 3. The van der Waals surface area contributed by atoms with E-state index in [0.717, 1.165) is 29.3 Å². The summed E-state index contributed by atoms with van der Waals surface area (Å²) in [5.74, 6) is 1.41. The highest BCUT2D eigenvalue weighted by atomic mass is 32.2. The molecule has 1 N–H and O–H groups in total. The molecule has 2 amide bonds. The van der Waals surface area contributed by atoms with Gasteiger partial charge in [-0.15, -0.1) is 0 Å². The standard InChI is InChI=1S/C15H22N4O2S/c1-4-14-16-7-11-8-19(9-13(11)18-14)15(21)12(5-6-22-3)17-10(2)20/h7,12H,4-6,8-9H2,1-3H3,(H,17,20)/t12-/m0/s1. The van der Waals surface area contributed by atoms with Crippen LogP contribution in [0.15, 0.2) is 6.20 Å². The summed E-state index contributed by atoms with van der Waals surface area (Å²) in [6.07, 6.45) is 5.22. The van der Waals surface area contributed by atoms with E-state index in [9.17, 15) is 9.59 Å². The molecule has 1 aliphatic heterocycles. The molecule has 0 aliphatic carbocycles. The van der Waals surface area contributed by atoms with Gasteiger partial charge in [0.05, 0.1) is 12.2 Å². The van der Waals surface area contributed by atoms with Gasteiger partial charge < -0.3 is 10.2 Å². The average Bonchev–Trinajstić information content (AvgIpc) is 2.93. The summed E-state index contributed by atoms with van der Waals surface area (Å²) in [7, 11) is 0. The van der Waals surface area contributed by atoms with Crippen molar-refractivity contribution in [3.8, 4) is 0 Å². The number of thioether (sulfide) groups is 1. The lowest BCUT2D eigenvalue weighted by atomic mass is 10.2. The van der Waals surface area contributed by atoms with Crippen LogP contribution < -0.4 is 5.32 Å². The highest BCUT2D eigenvalue weighted by molar-refractivity contribution is 7.98. The van der Waals surface area contributed by atoms with E-state index in [0.29, 0.717) is 19.5 Å². The van der Waals surface area contributed by atoms with E-state index in [2.05, 4.69) is 15.3 Å². The minimum atomic E-state index is -0.460. The monoisotopic (exact) mass is 322 g/mol. The highest BCUT2D eigenvalue weighted by Gasteiger charge is 2.30. The molecule has 7 heteroatoms. The Balaban J connectivity index is 2.07. The number of amides is 2. The van der Waals surface area contributed by atoms with E-state index in [-0.39, 0.29) is 11.8 Å². The second-order valence-electron chi connectivity index (χ2n) is 5.34. The molecule has 6 nitrogen and oxygen atoms in total. The number of hydrogen-bond donors (Lipinski definition) is 1. The Kier molecular flexibility index (Phi) is 5.76. The van der Waals surface area contributed by atoms with Gasteiger partial charge in [-0.05, 0) is 18.4 Å². The fourth-order valence-electron chi connectivity index (χ4n) is 2.48. The van der Waals surface area contributed by atoms with Gasteiger partial charge in [-0.2, -0.15) is 11.8 Å². The van der Waals surface area contributed by atoms with Crippen molar-refractivity contribution in [2.24, 2.45) is 0 Å². The maximum Gasteiger partial charge on any atom is 0.245 e. The van der Waals surface area contributed by atoms with E-state index in [1.165, 1.54) is 6.92 Å². The fraction of sp³-hybridized carbons (Fsp3) is 0.600. The lowest BCUT2D eigenvalue weighted by Crippen LogP contribution is -2.46. The molecule has 2 rings (SSSR count). The summed E-state index contributed by atoms with van der Waals surface area (Å²) in [4.78, 5) is 34.5. The number of hydrogen-bond acceptors (Lipinski definition) is 5. The van der Waals surface area contributed by atoms with Crippen LogP contribution in [0.5, 0.6) is 0 Å². The molecular formula is C15H22N4O2S. The molecule has 1 atom stereocenters. The Labute approximate surface area is 135 Å². The van der Waals surface area contributed by atoms with E-state index in [1.54, 1.807) is 16.7 Å². The van der Waals surface area contributed by atoms with Gasteiger partial charge in [-0.3, -0.25) is 9.59 Å². The first-order valence-electron chi connectivity index (χ1n) is 7.43. The Morgan fingerprint density at radius 2 is 2.23 bits per heavy atom. The quantitative estimate of drug-likeness (QED) is 0.850. The molecule has 22 heavy (non-hydrogen) atoms. The zero-order valence-corrected chi connectivity index (χ0v) is 14.1. The molecular weight excluding hydrogens is 300 g/mol. The third kappa shape index (κ3) is 3.97. The summed E-state index contributed by atoms with van der Waals surface area (Å²) in [5.41, 5.74) is 1.92. The predicted octanol–water partition coefficient (Wildman–Crippen LogP) is 1.14. The van der Waals surface area contributed by atoms with Crippen LogP contribution in [0.4, 0.5) is 0 Å². The molecule has 0 radical (unpaired) electrons. The van der Waals surface area contributed by atoms with Crippen LogP contribution in [0.1, 0.15) is 37.4 Å². The molecule has 1 aromatic rings. The summed E-state index contributed by atoms with van der Waals surface area (Å²) < 4.78 is 0. The number of fused-ring (bicyclic) bond motifs is 1. The van der Waals surface area contributed by atoms with Crippen molar-refractivity contribution in [2.75, 3.05) is 12.0 Å². The SMILES string of the molecule is CCc1ncc2c(n1)CN(C(=O)[C@H](CCSC)NC(C)=O)C2. The maximum absolute atomic E-state index is 12.7. The van der Waals surface area contributed by atoms with Crippen LogP contribution >= 0.6 is 11.8 Å². The first kappa shape index (κ1) is 16.7. The third-order valence-electron chi connectivity index (χ3n) is 3.62. The number of aryl methyl sites for hydroxylation is 1. The van der Waals surface area contributed by atoms with Gasteiger partial charge in [0.25, 0.3) is 0 Å². The Morgan fingerprint density at radius 3 is 2.86 bits per heavy atom. The van der Waals surface area contributed by atoms with Gasteiger partial charge >= 0.3 is 0 Å². The Morgan fingerprint density at radius 1 is 1.45 bits per heavy atom. The van der Waals surface area contributed by atoms with E-state index in [4.69, 9.17) is 0 Å². The number of carbonyl (C=O) groups is 2. The van der Waals surface area contributed by atoms with Gasteiger partial charge in [-0.25, -0.2) is 9.97 Å². The first-order valence-corrected chi connectivity index (χ1v) is 8.83.